The Hall–Kier alpha value is -1.75. The number of nitrogens with zero attached hydrogens (tertiary/aromatic N) is 1. The Kier molecular flexibility index (Phi) is 6.28. The van der Waals surface area contributed by atoms with E-state index in [-0.39, 0.29) is 12.1 Å². The number of hydrogen-bond donors (Lipinski definition) is 2. The van der Waals surface area contributed by atoms with Gasteiger partial charge in [-0.2, -0.15) is 0 Å². The van der Waals surface area contributed by atoms with Crippen molar-refractivity contribution in [2.45, 2.75) is 26.1 Å². The van der Waals surface area contributed by atoms with Crippen LogP contribution in [0.15, 0.2) is 48.5 Å². The minimum atomic E-state index is -0.915. The van der Waals surface area contributed by atoms with E-state index < -0.39 is 18.0 Å². The molecule has 2 atom stereocenters. The predicted octanol–water partition coefficient (Wildman–Crippen LogP) is 3.22. The van der Waals surface area contributed by atoms with Crippen molar-refractivity contribution in [3.8, 4) is 0 Å². The quantitative estimate of drug-likeness (QED) is 0.824. The van der Waals surface area contributed by atoms with E-state index in [1.54, 1.807) is 18.2 Å². The fraction of sp³-hybridized carbons (Fsp3) is 0.368. The van der Waals surface area contributed by atoms with Crippen molar-refractivity contribution < 1.29 is 14.6 Å². The number of aryl methyl sites for hydroxylation is 1. The zero-order valence-electron chi connectivity index (χ0n) is 13.6. The third kappa shape index (κ3) is 4.86. The SMILES string of the molecule is CCN(CC(O)c1ccc(C)cc1)CC(O)c1ccccc1F. The van der Waals surface area contributed by atoms with Crippen molar-refractivity contribution in [3.05, 3.63) is 71.0 Å². The van der Waals surface area contributed by atoms with Crippen molar-refractivity contribution in [1.29, 1.82) is 0 Å². The normalized spacial score (nSPS) is 14.0. The molecule has 124 valence electrons. The predicted molar refractivity (Wildman–Crippen MR) is 89.6 cm³/mol. The molecule has 2 aromatic carbocycles. The van der Waals surface area contributed by atoms with Gasteiger partial charge in [-0.3, -0.25) is 4.90 Å². The van der Waals surface area contributed by atoms with Gasteiger partial charge in [0.2, 0.25) is 0 Å². The van der Waals surface area contributed by atoms with Gasteiger partial charge in [-0.15, -0.1) is 0 Å². The van der Waals surface area contributed by atoms with Crippen LogP contribution in [0.1, 0.15) is 35.8 Å². The van der Waals surface area contributed by atoms with E-state index in [0.29, 0.717) is 13.1 Å². The molecule has 0 saturated heterocycles. The van der Waals surface area contributed by atoms with Crippen LogP contribution < -0.4 is 0 Å². The van der Waals surface area contributed by atoms with Gasteiger partial charge < -0.3 is 10.2 Å². The van der Waals surface area contributed by atoms with Gasteiger partial charge in [0.1, 0.15) is 5.82 Å². The Balaban J connectivity index is 1.99. The lowest BCUT2D eigenvalue weighted by molar-refractivity contribution is 0.0704. The standard InChI is InChI=1S/C19H24FNO2/c1-3-21(12-18(22)15-10-8-14(2)9-11-15)13-19(23)16-6-4-5-7-17(16)20/h4-11,18-19,22-23H,3,12-13H2,1-2H3. The lowest BCUT2D eigenvalue weighted by Crippen LogP contribution is -2.32. The molecule has 0 aliphatic carbocycles. The van der Waals surface area contributed by atoms with Crippen LogP contribution in [0.3, 0.4) is 0 Å². The maximum atomic E-state index is 13.7. The van der Waals surface area contributed by atoms with Gasteiger partial charge in [-0.25, -0.2) is 4.39 Å². The summed E-state index contributed by atoms with van der Waals surface area (Å²) in [6.07, 6.45) is -1.55. The zero-order chi connectivity index (χ0) is 16.8. The molecule has 0 aliphatic rings. The van der Waals surface area contributed by atoms with Crippen molar-refractivity contribution in [2.75, 3.05) is 19.6 Å². The van der Waals surface area contributed by atoms with Crippen LogP contribution in [0.5, 0.6) is 0 Å². The summed E-state index contributed by atoms with van der Waals surface area (Å²) in [5.74, 6) is -0.407. The molecule has 0 spiro atoms. The highest BCUT2D eigenvalue weighted by molar-refractivity contribution is 5.23. The van der Waals surface area contributed by atoms with E-state index in [4.69, 9.17) is 0 Å². The van der Waals surface area contributed by atoms with Gasteiger partial charge in [0, 0.05) is 18.7 Å². The maximum Gasteiger partial charge on any atom is 0.129 e. The number of benzene rings is 2. The first-order valence-electron chi connectivity index (χ1n) is 7.90. The molecule has 23 heavy (non-hydrogen) atoms. The van der Waals surface area contributed by atoms with E-state index in [1.807, 2.05) is 43.0 Å². The van der Waals surface area contributed by atoms with E-state index in [0.717, 1.165) is 11.1 Å². The van der Waals surface area contributed by atoms with E-state index in [1.165, 1.54) is 6.07 Å². The minimum Gasteiger partial charge on any atom is -0.387 e. The summed E-state index contributed by atoms with van der Waals surface area (Å²) in [4.78, 5) is 1.92. The molecule has 0 aromatic heterocycles. The van der Waals surface area contributed by atoms with Crippen LogP contribution in [0.25, 0.3) is 0 Å². The molecule has 3 nitrogen and oxygen atoms in total. The van der Waals surface area contributed by atoms with Crippen LogP contribution in [0.2, 0.25) is 0 Å². The second-order valence-corrected chi connectivity index (χ2v) is 5.82. The molecule has 0 aliphatic heterocycles. The topological polar surface area (TPSA) is 43.7 Å². The monoisotopic (exact) mass is 317 g/mol. The van der Waals surface area contributed by atoms with Crippen LogP contribution in [-0.4, -0.2) is 34.7 Å². The Morgan fingerprint density at radius 2 is 1.57 bits per heavy atom. The van der Waals surface area contributed by atoms with Gasteiger partial charge in [-0.1, -0.05) is 55.0 Å². The van der Waals surface area contributed by atoms with E-state index >= 15 is 0 Å². The summed E-state index contributed by atoms with van der Waals surface area (Å²) in [7, 11) is 0. The Bertz CT molecular complexity index is 615. The average Bonchev–Trinajstić information content (AvgIpc) is 2.55. The summed E-state index contributed by atoms with van der Waals surface area (Å²) in [5.41, 5.74) is 2.27. The molecule has 2 N–H and O–H groups in total. The summed E-state index contributed by atoms with van der Waals surface area (Å²) < 4.78 is 13.7. The Labute approximate surface area is 137 Å². The number of aliphatic hydroxyl groups is 2. The number of aliphatic hydroxyl groups excluding tert-OH is 2. The van der Waals surface area contributed by atoms with Gasteiger partial charge in [0.15, 0.2) is 0 Å². The first kappa shape index (κ1) is 17.6. The third-order valence-electron chi connectivity index (χ3n) is 4.04. The molecule has 0 saturated carbocycles. The van der Waals surface area contributed by atoms with Crippen LogP contribution >= 0.6 is 0 Å². The molecule has 0 fully saturated rings. The molecule has 0 amide bonds. The minimum absolute atomic E-state index is 0.278. The Morgan fingerprint density at radius 3 is 2.17 bits per heavy atom. The smallest absolute Gasteiger partial charge is 0.129 e. The molecule has 4 heteroatoms. The van der Waals surface area contributed by atoms with E-state index in [2.05, 4.69) is 0 Å². The molecule has 0 bridgehead atoms. The van der Waals surface area contributed by atoms with Gasteiger partial charge >= 0.3 is 0 Å². The average molecular weight is 317 g/mol. The number of rotatable bonds is 7. The second kappa shape index (κ2) is 8.20. The largest absolute Gasteiger partial charge is 0.387 e. The van der Waals surface area contributed by atoms with Crippen molar-refractivity contribution in [1.82, 2.24) is 4.90 Å². The third-order valence-corrected chi connectivity index (χ3v) is 4.04. The lowest BCUT2D eigenvalue weighted by atomic mass is 10.1. The molecular weight excluding hydrogens is 293 g/mol. The highest BCUT2D eigenvalue weighted by Gasteiger charge is 2.18. The number of hydrogen-bond acceptors (Lipinski definition) is 3. The van der Waals surface area contributed by atoms with Gasteiger partial charge in [-0.05, 0) is 25.1 Å². The van der Waals surface area contributed by atoms with Crippen LogP contribution in [-0.2, 0) is 0 Å². The number of halogens is 1. The molecule has 2 aromatic rings. The highest BCUT2D eigenvalue weighted by Crippen LogP contribution is 2.20. The Morgan fingerprint density at radius 1 is 0.957 bits per heavy atom. The first-order valence-corrected chi connectivity index (χ1v) is 7.90. The van der Waals surface area contributed by atoms with Gasteiger partial charge in [0.25, 0.3) is 0 Å². The van der Waals surface area contributed by atoms with E-state index in [9.17, 15) is 14.6 Å². The second-order valence-electron chi connectivity index (χ2n) is 5.82. The summed E-state index contributed by atoms with van der Waals surface area (Å²) in [5, 5.41) is 20.6. The first-order chi connectivity index (χ1) is 11.0. The van der Waals surface area contributed by atoms with Crippen LogP contribution in [0.4, 0.5) is 4.39 Å². The van der Waals surface area contributed by atoms with Crippen LogP contribution in [0, 0.1) is 12.7 Å². The summed E-state index contributed by atoms with van der Waals surface area (Å²) in [6.45, 7) is 5.29. The fourth-order valence-electron chi connectivity index (χ4n) is 2.56. The number of likely N-dealkylation sites (N-methyl/N-ethyl adjacent to an activating group) is 1. The molecule has 2 unspecified atom stereocenters. The van der Waals surface area contributed by atoms with Crippen molar-refractivity contribution in [2.24, 2.45) is 0 Å². The lowest BCUT2D eigenvalue weighted by Gasteiger charge is -2.26. The highest BCUT2D eigenvalue weighted by atomic mass is 19.1. The summed E-state index contributed by atoms with van der Waals surface area (Å²) >= 11 is 0. The summed E-state index contributed by atoms with van der Waals surface area (Å²) in [6, 6.07) is 14.0. The van der Waals surface area contributed by atoms with Crippen molar-refractivity contribution in [3.63, 3.8) is 0 Å². The molecule has 0 heterocycles. The molecular formula is C19H24FNO2. The maximum absolute atomic E-state index is 13.7. The fourth-order valence-corrected chi connectivity index (χ4v) is 2.56. The van der Waals surface area contributed by atoms with Gasteiger partial charge in [0.05, 0.1) is 12.2 Å². The van der Waals surface area contributed by atoms with Crippen molar-refractivity contribution >= 4 is 0 Å². The molecule has 0 radical (unpaired) electrons. The zero-order valence-corrected chi connectivity index (χ0v) is 13.6. The molecule has 2 rings (SSSR count).